The van der Waals surface area contributed by atoms with Crippen molar-refractivity contribution in [1.82, 2.24) is 20.2 Å². The molecule has 0 spiro atoms. The Labute approximate surface area is 149 Å². The van der Waals surface area contributed by atoms with E-state index < -0.39 is 0 Å². The van der Waals surface area contributed by atoms with Gasteiger partial charge in [-0.15, -0.1) is 24.0 Å². The van der Waals surface area contributed by atoms with Gasteiger partial charge in [-0.3, -0.25) is 9.98 Å². The minimum Gasteiger partial charge on any atom is -0.357 e. The third-order valence-corrected chi connectivity index (χ3v) is 3.04. The fraction of sp³-hybridized carbons (Fsp3) is 0.375. The van der Waals surface area contributed by atoms with Gasteiger partial charge in [0.1, 0.15) is 0 Å². The summed E-state index contributed by atoms with van der Waals surface area (Å²) >= 11 is 0. The van der Waals surface area contributed by atoms with Crippen LogP contribution in [-0.2, 0) is 13.0 Å². The molecule has 0 radical (unpaired) electrons. The molecule has 0 bridgehead atoms. The van der Waals surface area contributed by atoms with Gasteiger partial charge in [-0.2, -0.15) is 0 Å². The van der Waals surface area contributed by atoms with E-state index >= 15 is 0 Å². The highest BCUT2D eigenvalue weighted by molar-refractivity contribution is 14.0. The lowest BCUT2D eigenvalue weighted by Gasteiger charge is -2.11. The van der Waals surface area contributed by atoms with E-state index in [0.717, 1.165) is 44.3 Å². The lowest BCUT2D eigenvalue weighted by molar-refractivity contribution is 0.665. The smallest absolute Gasteiger partial charge is 0.191 e. The Hall–Kier alpha value is -1.57. The number of rotatable bonds is 7. The SMILES string of the molecule is CCNC(=NCCc1ccccn1)NCCn1cccc1.I. The van der Waals surface area contributed by atoms with E-state index in [4.69, 9.17) is 0 Å². The van der Waals surface area contributed by atoms with Crippen LogP contribution in [0.4, 0.5) is 0 Å². The van der Waals surface area contributed by atoms with Crippen molar-refractivity contribution < 1.29 is 0 Å². The lowest BCUT2D eigenvalue weighted by Crippen LogP contribution is -2.39. The van der Waals surface area contributed by atoms with Crippen molar-refractivity contribution >= 4 is 29.9 Å². The van der Waals surface area contributed by atoms with E-state index in [9.17, 15) is 0 Å². The fourth-order valence-corrected chi connectivity index (χ4v) is 1.99. The average molecular weight is 413 g/mol. The molecule has 2 N–H and O–H groups in total. The lowest BCUT2D eigenvalue weighted by atomic mass is 10.3. The predicted octanol–water partition coefficient (Wildman–Crippen LogP) is 2.30. The molecule has 120 valence electrons. The quantitative estimate of drug-likeness (QED) is 0.416. The van der Waals surface area contributed by atoms with Crippen LogP contribution in [0.25, 0.3) is 0 Å². The average Bonchev–Trinajstić information content (AvgIpc) is 3.02. The normalized spacial score (nSPS) is 10.9. The molecule has 0 fully saturated rings. The molecule has 22 heavy (non-hydrogen) atoms. The molecule has 0 aromatic carbocycles. The zero-order valence-corrected chi connectivity index (χ0v) is 15.2. The molecule has 2 aromatic rings. The van der Waals surface area contributed by atoms with E-state index in [1.165, 1.54) is 0 Å². The van der Waals surface area contributed by atoms with Crippen LogP contribution in [-0.4, -0.2) is 35.1 Å². The van der Waals surface area contributed by atoms with Gasteiger partial charge in [-0.25, -0.2) is 0 Å². The molecular formula is C16H24IN5. The maximum Gasteiger partial charge on any atom is 0.191 e. The van der Waals surface area contributed by atoms with Gasteiger partial charge >= 0.3 is 0 Å². The summed E-state index contributed by atoms with van der Waals surface area (Å²) in [5.41, 5.74) is 1.07. The summed E-state index contributed by atoms with van der Waals surface area (Å²) in [6.45, 7) is 5.44. The molecule has 0 unspecified atom stereocenters. The van der Waals surface area contributed by atoms with Gasteiger partial charge in [0.05, 0.1) is 0 Å². The van der Waals surface area contributed by atoms with Crippen LogP contribution in [0, 0.1) is 0 Å². The van der Waals surface area contributed by atoms with Crippen molar-refractivity contribution in [3.05, 3.63) is 54.6 Å². The third-order valence-electron chi connectivity index (χ3n) is 3.04. The number of nitrogens with one attached hydrogen (secondary N) is 2. The highest BCUT2D eigenvalue weighted by atomic mass is 127. The Bertz CT molecular complexity index is 525. The first kappa shape index (κ1) is 18.5. The Morgan fingerprint density at radius 1 is 1.18 bits per heavy atom. The number of aromatic nitrogens is 2. The van der Waals surface area contributed by atoms with E-state index in [0.29, 0.717) is 0 Å². The third kappa shape index (κ3) is 6.93. The molecule has 0 saturated carbocycles. The summed E-state index contributed by atoms with van der Waals surface area (Å²) in [4.78, 5) is 8.88. The van der Waals surface area contributed by atoms with E-state index in [-0.39, 0.29) is 24.0 Å². The van der Waals surface area contributed by atoms with Crippen LogP contribution in [0.5, 0.6) is 0 Å². The molecule has 0 aliphatic rings. The molecule has 0 saturated heterocycles. The second-order valence-electron chi connectivity index (χ2n) is 4.68. The number of halogens is 1. The summed E-state index contributed by atoms with van der Waals surface area (Å²) in [5, 5.41) is 6.60. The Kier molecular flexibility index (Phi) is 9.29. The standard InChI is InChI=1S/C16H23N5.HI/c1-2-17-16(20-11-14-21-12-5-6-13-21)19-10-8-15-7-3-4-9-18-15;/h3-7,9,12-13H,2,8,10-11,14H2,1H3,(H2,17,19,20);1H. The Morgan fingerprint density at radius 3 is 2.68 bits per heavy atom. The van der Waals surface area contributed by atoms with Gasteiger partial charge in [0.25, 0.3) is 0 Å². The topological polar surface area (TPSA) is 54.2 Å². The fourth-order valence-electron chi connectivity index (χ4n) is 1.99. The van der Waals surface area contributed by atoms with E-state index in [1.54, 1.807) is 0 Å². The number of aliphatic imine (C=N–C) groups is 1. The second kappa shape index (κ2) is 11.1. The minimum atomic E-state index is 0. The van der Waals surface area contributed by atoms with Gasteiger partial charge in [-0.1, -0.05) is 6.07 Å². The van der Waals surface area contributed by atoms with Crippen LogP contribution in [0.15, 0.2) is 53.9 Å². The first-order valence-electron chi connectivity index (χ1n) is 7.41. The molecule has 5 nitrogen and oxygen atoms in total. The number of guanidine groups is 1. The second-order valence-corrected chi connectivity index (χ2v) is 4.68. The summed E-state index contributed by atoms with van der Waals surface area (Å²) in [6.07, 6.45) is 6.80. The van der Waals surface area contributed by atoms with Gasteiger partial charge in [0, 0.05) is 56.9 Å². The maximum atomic E-state index is 4.57. The number of pyridine rings is 1. The molecule has 0 amide bonds. The monoisotopic (exact) mass is 413 g/mol. The summed E-state index contributed by atoms with van der Waals surface area (Å²) in [6, 6.07) is 10.0. The molecule has 2 heterocycles. The number of hydrogen-bond acceptors (Lipinski definition) is 2. The Morgan fingerprint density at radius 2 is 2.00 bits per heavy atom. The van der Waals surface area contributed by atoms with Gasteiger partial charge < -0.3 is 15.2 Å². The molecule has 6 heteroatoms. The summed E-state index contributed by atoms with van der Waals surface area (Å²) in [5.74, 6) is 0.862. The van der Waals surface area contributed by atoms with Gasteiger partial charge in [-0.05, 0) is 31.2 Å². The van der Waals surface area contributed by atoms with E-state index in [1.807, 2.05) is 36.5 Å². The van der Waals surface area contributed by atoms with Crippen LogP contribution in [0.3, 0.4) is 0 Å². The Balaban J connectivity index is 0.00000242. The molecular weight excluding hydrogens is 389 g/mol. The largest absolute Gasteiger partial charge is 0.357 e. The van der Waals surface area contributed by atoms with Crippen molar-refractivity contribution in [2.24, 2.45) is 4.99 Å². The summed E-state index contributed by atoms with van der Waals surface area (Å²) in [7, 11) is 0. The summed E-state index contributed by atoms with van der Waals surface area (Å²) < 4.78 is 2.14. The van der Waals surface area contributed by atoms with Crippen LogP contribution < -0.4 is 10.6 Å². The zero-order chi connectivity index (χ0) is 14.8. The molecule has 0 atom stereocenters. The van der Waals surface area contributed by atoms with Gasteiger partial charge in [0.15, 0.2) is 5.96 Å². The van der Waals surface area contributed by atoms with Crippen molar-refractivity contribution in [2.75, 3.05) is 19.6 Å². The zero-order valence-electron chi connectivity index (χ0n) is 12.9. The molecule has 2 rings (SSSR count). The van der Waals surface area contributed by atoms with Crippen LogP contribution in [0.1, 0.15) is 12.6 Å². The highest BCUT2D eigenvalue weighted by Crippen LogP contribution is 1.94. The highest BCUT2D eigenvalue weighted by Gasteiger charge is 1.97. The van der Waals surface area contributed by atoms with Crippen molar-refractivity contribution in [3.8, 4) is 0 Å². The molecule has 0 aliphatic heterocycles. The van der Waals surface area contributed by atoms with Crippen LogP contribution in [0.2, 0.25) is 0 Å². The van der Waals surface area contributed by atoms with Gasteiger partial charge in [0.2, 0.25) is 0 Å². The molecule has 2 aromatic heterocycles. The van der Waals surface area contributed by atoms with Crippen molar-refractivity contribution in [1.29, 1.82) is 0 Å². The van der Waals surface area contributed by atoms with Crippen LogP contribution >= 0.6 is 24.0 Å². The van der Waals surface area contributed by atoms with Crippen molar-refractivity contribution in [3.63, 3.8) is 0 Å². The molecule has 0 aliphatic carbocycles. The first-order chi connectivity index (χ1) is 10.4. The van der Waals surface area contributed by atoms with Crippen molar-refractivity contribution in [2.45, 2.75) is 19.9 Å². The number of hydrogen-bond donors (Lipinski definition) is 2. The first-order valence-corrected chi connectivity index (χ1v) is 7.41. The maximum absolute atomic E-state index is 4.57. The van der Waals surface area contributed by atoms with E-state index in [2.05, 4.69) is 44.5 Å². The minimum absolute atomic E-state index is 0. The number of nitrogens with zero attached hydrogens (tertiary/aromatic N) is 3. The predicted molar refractivity (Wildman–Crippen MR) is 102 cm³/mol.